The van der Waals surface area contributed by atoms with Crippen LogP contribution in [0.25, 0.3) is 0 Å². The molecule has 0 unspecified atom stereocenters. The zero-order valence-corrected chi connectivity index (χ0v) is 16.3. The van der Waals surface area contributed by atoms with Crippen molar-refractivity contribution in [3.63, 3.8) is 0 Å². The van der Waals surface area contributed by atoms with Crippen LogP contribution in [0.2, 0.25) is 0 Å². The molecule has 0 saturated heterocycles. The van der Waals surface area contributed by atoms with Gasteiger partial charge in [0, 0.05) is 10.6 Å². The Balaban J connectivity index is 2.94. The minimum Gasteiger partial charge on any atom is -0.478 e. The molecule has 3 heteroatoms. The molecule has 0 amide bonds. The van der Waals surface area contributed by atoms with E-state index in [2.05, 4.69) is 48.9 Å². The Morgan fingerprint density at radius 1 is 1.22 bits per heavy atom. The van der Waals surface area contributed by atoms with Gasteiger partial charge in [0.2, 0.25) is 0 Å². The summed E-state index contributed by atoms with van der Waals surface area (Å²) in [4.78, 5) is 10.6. The Hall–Kier alpha value is -1.35. The smallest absolute Gasteiger partial charge is 0.328 e. The zero-order valence-electron chi connectivity index (χ0n) is 14.7. The van der Waals surface area contributed by atoms with E-state index in [0.717, 1.165) is 10.1 Å². The molecule has 0 aromatic heterocycles. The van der Waals surface area contributed by atoms with E-state index < -0.39 is 5.97 Å². The third-order valence-electron chi connectivity index (χ3n) is 4.26. The lowest BCUT2D eigenvalue weighted by Crippen LogP contribution is -2.19. The largest absolute Gasteiger partial charge is 0.478 e. The van der Waals surface area contributed by atoms with Gasteiger partial charge in [0.15, 0.2) is 0 Å². The lowest BCUT2D eigenvalue weighted by Gasteiger charge is -2.33. The molecule has 0 aromatic rings. The first-order valence-corrected chi connectivity index (χ1v) is 8.77. The highest BCUT2D eigenvalue weighted by Crippen LogP contribution is 2.40. The van der Waals surface area contributed by atoms with Gasteiger partial charge in [0.05, 0.1) is 0 Å². The Labute approximate surface area is 148 Å². The molecule has 0 atom stereocenters. The number of carbonyl (C=O) groups is 1. The summed E-state index contributed by atoms with van der Waals surface area (Å²) < 4.78 is 0.957. The summed E-state index contributed by atoms with van der Waals surface area (Å²) in [7, 11) is 0. The maximum Gasteiger partial charge on any atom is 0.328 e. The van der Waals surface area contributed by atoms with E-state index in [-0.39, 0.29) is 5.41 Å². The summed E-state index contributed by atoms with van der Waals surface area (Å²) in [5.74, 6) is -0.925. The number of hydrogen-bond acceptors (Lipinski definition) is 1. The van der Waals surface area contributed by atoms with Crippen LogP contribution in [0.5, 0.6) is 0 Å². The van der Waals surface area contributed by atoms with Crippen LogP contribution in [0.15, 0.2) is 57.2 Å². The molecule has 0 aromatic carbocycles. The zero-order chi connectivity index (χ0) is 17.6. The molecule has 0 bridgehead atoms. The van der Waals surface area contributed by atoms with Gasteiger partial charge in [0.25, 0.3) is 0 Å². The fourth-order valence-electron chi connectivity index (χ4n) is 2.88. The number of halogens is 1. The molecule has 2 nitrogen and oxygen atoms in total. The van der Waals surface area contributed by atoms with Gasteiger partial charge in [-0.15, -0.1) is 0 Å². The number of allylic oxidation sites excluding steroid dienone is 9. The van der Waals surface area contributed by atoms with Crippen molar-refractivity contribution >= 4 is 21.9 Å². The number of hydrogen-bond donors (Lipinski definition) is 1. The Kier molecular flexibility index (Phi) is 7.27. The van der Waals surface area contributed by atoms with Crippen molar-refractivity contribution in [3.05, 3.63) is 57.2 Å². The quantitative estimate of drug-likeness (QED) is 0.448. The molecule has 23 heavy (non-hydrogen) atoms. The second kappa shape index (κ2) is 8.49. The Morgan fingerprint density at radius 2 is 1.87 bits per heavy atom. The van der Waals surface area contributed by atoms with Gasteiger partial charge in [-0.3, -0.25) is 0 Å². The average Bonchev–Trinajstić information content (AvgIpc) is 2.42. The van der Waals surface area contributed by atoms with Crippen molar-refractivity contribution in [2.45, 2.75) is 53.9 Å². The van der Waals surface area contributed by atoms with Gasteiger partial charge < -0.3 is 5.11 Å². The molecule has 0 radical (unpaired) electrons. The van der Waals surface area contributed by atoms with Crippen LogP contribution in [0.1, 0.15) is 53.9 Å². The molecule has 126 valence electrons. The summed E-state index contributed by atoms with van der Waals surface area (Å²) in [6, 6.07) is 0. The highest BCUT2D eigenvalue weighted by Gasteiger charge is 2.26. The van der Waals surface area contributed by atoms with E-state index in [1.807, 2.05) is 13.0 Å². The van der Waals surface area contributed by atoms with Gasteiger partial charge in [-0.2, -0.15) is 0 Å². The van der Waals surface area contributed by atoms with E-state index in [1.165, 1.54) is 36.5 Å². The van der Waals surface area contributed by atoms with Crippen LogP contribution in [0.4, 0.5) is 0 Å². The number of aliphatic carboxylic acids is 1. The van der Waals surface area contributed by atoms with Crippen molar-refractivity contribution in [1.29, 1.82) is 0 Å². The highest BCUT2D eigenvalue weighted by atomic mass is 79.9. The summed E-state index contributed by atoms with van der Waals surface area (Å²) in [5.41, 5.74) is 4.98. The van der Waals surface area contributed by atoms with Crippen LogP contribution in [-0.4, -0.2) is 11.1 Å². The first-order valence-electron chi connectivity index (χ1n) is 7.97. The second-order valence-electron chi connectivity index (χ2n) is 6.86. The third kappa shape index (κ3) is 6.34. The first-order chi connectivity index (χ1) is 10.6. The van der Waals surface area contributed by atoms with E-state index in [0.29, 0.717) is 5.57 Å². The SMILES string of the molecule is CC(C=CC(Br)=C(C)C=CC1=C(C)CCCC1(C)C)=CC(=O)O. The predicted octanol–water partition coefficient (Wildman–Crippen LogP) is 6.33. The fourth-order valence-corrected chi connectivity index (χ4v) is 3.14. The average molecular weight is 379 g/mol. The summed E-state index contributed by atoms with van der Waals surface area (Å²) >= 11 is 3.56. The van der Waals surface area contributed by atoms with Crippen molar-refractivity contribution < 1.29 is 9.90 Å². The van der Waals surface area contributed by atoms with Crippen LogP contribution < -0.4 is 0 Å². The summed E-state index contributed by atoms with van der Waals surface area (Å²) in [5, 5.41) is 8.71. The number of carboxylic acids is 1. The molecule has 0 fully saturated rings. The molecule has 0 aliphatic heterocycles. The topological polar surface area (TPSA) is 37.3 Å². The molecule has 0 saturated carbocycles. The Bertz CT molecular complexity index is 614. The molecule has 1 rings (SSSR count). The van der Waals surface area contributed by atoms with Crippen LogP contribution >= 0.6 is 15.9 Å². The van der Waals surface area contributed by atoms with Crippen molar-refractivity contribution in [2.75, 3.05) is 0 Å². The monoisotopic (exact) mass is 378 g/mol. The normalized spacial score (nSPS) is 20.3. The third-order valence-corrected chi connectivity index (χ3v) is 5.15. The lowest BCUT2D eigenvalue weighted by molar-refractivity contribution is -0.131. The minimum atomic E-state index is -0.925. The summed E-state index contributed by atoms with van der Waals surface area (Å²) in [6.07, 6.45) is 12.9. The Morgan fingerprint density at radius 3 is 2.43 bits per heavy atom. The van der Waals surface area contributed by atoms with E-state index >= 15 is 0 Å². The lowest BCUT2D eigenvalue weighted by atomic mass is 9.72. The molecule has 1 aliphatic rings. The maximum atomic E-state index is 10.6. The molecule has 1 N–H and O–H groups in total. The van der Waals surface area contributed by atoms with E-state index in [1.54, 1.807) is 13.0 Å². The molecular formula is C20H27BrO2. The van der Waals surface area contributed by atoms with Crippen molar-refractivity contribution in [1.82, 2.24) is 0 Å². The van der Waals surface area contributed by atoms with E-state index in [9.17, 15) is 4.79 Å². The second-order valence-corrected chi connectivity index (χ2v) is 7.71. The molecule has 1 aliphatic carbocycles. The van der Waals surface area contributed by atoms with Gasteiger partial charge in [-0.25, -0.2) is 4.79 Å². The molecule has 0 heterocycles. The minimum absolute atomic E-state index is 0.238. The first kappa shape index (κ1) is 19.7. The van der Waals surface area contributed by atoms with Gasteiger partial charge in [-0.1, -0.05) is 53.6 Å². The van der Waals surface area contributed by atoms with Crippen LogP contribution in [0.3, 0.4) is 0 Å². The van der Waals surface area contributed by atoms with Crippen molar-refractivity contribution in [2.24, 2.45) is 5.41 Å². The highest BCUT2D eigenvalue weighted by molar-refractivity contribution is 9.11. The standard InChI is InChI=1S/C20H27BrO2/c1-14(13-19(22)23)8-11-18(21)16(3)9-10-17-15(2)7-6-12-20(17,4)5/h8-11,13H,6-7,12H2,1-5H3,(H,22,23). The van der Waals surface area contributed by atoms with Gasteiger partial charge in [-0.05, 0) is 68.2 Å². The maximum absolute atomic E-state index is 10.6. The van der Waals surface area contributed by atoms with Crippen LogP contribution in [0, 0.1) is 5.41 Å². The van der Waals surface area contributed by atoms with Crippen molar-refractivity contribution in [3.8, 4) is 0 Å². The fraction of sp³-hybridized carbons (Fsp3) is 0.450. The van der Waals surface area contributed by atoms with E-state index in [4.69, 9.17) is 5.11 Å². The molecular weight excluding hydrogens is 352 g/mol. The van der Waals surface area contributed by atoms with Gasteiger partial charge in [0.1, 0.15) is 0 Å². The number of rotatable bonds is 5. The van der Waals surface area contributed by atoms with Crippen LogP contribution in [-0.2, 0) is 4.79 Å². The molecule has 0 spiro atoms. The predicted molar refractivity (Wildman–Crippen MR) is 102 cm³/mol. The summed E-state index contributed by atoms with van der Waals surface area (Å²) in [6.45, 7) is 10.7. The number of carboxylic acid groups (broad SMARTS) is 1. The van der Waals surface area contributed by atoms with Gasteiger partial charge >= 0.3 is 5.97 Å².